The highest BCUT2D eigenvalue weighted by molar-refractivity contribution is 7.99. The number of rotatable bonds is 4. The average molecular weight is 264 g/mol. The van der Waals surface area contributed by atoms with Gasteiger partial charge in [0.1, 0.15) is 5.01 Å². The van der Waals surface area contributed by atoms with Crippen LogP contribution in [0.4, 0.5) is 0 Å². The second-order valence-corrected chi connectivity index (χ2v) is 6.21. The molecular weight excluding hydrogens is 248 g/mol. The Balaban J connectivity index is 2.21. The molecule has 90 valence electrons. The van der Waals surface area contributed by atoms with E-state index in [9.17, 15) is 0 Å². The Morgan fingerprint density at radius 1 is 1.35 bits per heavy atom. The quantitative estimate of drug-likeness (QED) is 0.850. The zero-order chi connectivity index (χ0) is 12.3. The number of nitrogens with zero attached hydrogens (tertiary/aromatic N) is 1. The van der Waals surface area contributed by atoms with Crippen LogP contribution in [0.2, 0.25) is 0 Å². The van der Waals surface area contributed by atoms with Gasteiger partial charge in [-0.3, -0.25) is 0 Å². The highest BCUT2D eigenvalue weighted by Crippen LogP contribution is 2.29. The van der Waals surface area contributed by atoms with E-state index in [0.717, 1.165) is 15.6 Å². The minimum absolute atomic E-state index is 0.0659. The lowest BCUT2D eigenvalue weighted by Gasteiger charge is -2.00. The first-order valence-corrected chi connectivity index (χ1v) is 7.45. The molecule has 0 bridgehead atoms. The summed E-state index contributed by atoms with van der Waals surface area (Å²) in [5.41, 5.74) is 7.00. The second kappa shape index (κ2) is 5.67. The molecule has 0 aliphatic rings. The number of aromatic nitrogens is 1. The van der Waals surface area contributed by atoms with Gasteiger partial charge in [-0.25, -0.2) is 4.98 Å². The minimum atomic E-state index is 0.0659. The van der Waals surface area contributed by atoms with Crippen molar-refractivity contribution in [3.63, 3.8) is 0 Å². The third-order valence-corrected chi connectivity index (χ3v) is 4.53. The van der Waals surface area contributed by atoms with Gasteiger partial charge in [0.25, 0.3) is 0 Å². The van der Waals surface area contributed by atoms with Crippen molar-refractivity contribution < 1.29 is 0 Å². The topological polar surface area (TPSA) is 38.9 Å². The highest BCUT2D eigenvalue weighted by atomic mass is 32.2. The highest BCUT2D eigenvalue weighted by Gasteiger charge is 2.07. The summed E-state index contributed by atoms with van der Waals surface area (Å²) in [5, 5.41) is 1.05. The van der Waals surface area contributed by atoms with Crippen LogP contribution in [0.15, 0.2) is 35.4 Å². The smallest absolute Gasteiger partial charge is 0.123 e. The minimum Gasteiger partial charge on any atom is -0.323 e. The molecule has 0 aliphatic heterocycles. The number of nitrogens with two attached hydrogens (primary N) is 1. The normalized spacial score (nSPS) is 12.6. The van der Waals surface area contributed by atoms with Gasteiger partial charge in [-0.15, -0.1) is 23.1 Å². The van der Waals surface area contributed by atoms with E-state index < -0.39 is 0 Å². The molecule has 2 aromatic rings. The lowest BCUT2D eigenvalue weighted by molar-refractivity contribution is 0.835. The summed E-state index contributed by atoms with van der Waals surface area (Å²) in [5.74, 6) is 1.10. The molecule has 2 nitrogen and oxygen atoms in total. The van der Waals surface area contributed by atoms with Gasteiger partial charge in [-0.05, 0) is 24.8 Å². The lowest BCUT2D eigenvalue weighted by atomic mass is 10.2. The van der Waals surface area contributed by atoms with Crippen LogP contribution in [-0.2, 0) is 0 Å². The second-order valence-electron chi connectivity index (χ2n) is 3.81. The maximum atomic E-state index is 5.84. The van der Waals surface area contributed by atoms with Crippen LogP contribution in [-0.4, -0.2) is 10.7 Å². The van der Waals surface area contributed by atoms with E-state index in [-0.39, 0.29) is 6.04 Å². The Morgan fingerprint density at radius 3 is 2.59 bits per heavy atom. The molecule has 4 heteroatoms. The van der Waals surface area contributed by atoms with Crippen LogP contribution in [0.25, 0.3) is 10.6 Å². The van der Waals surface area contributed by atoms with Gasteiger partial charge in [0.2, 0.25) is 0 Å². The first-order chi connectivity index (χ1) is 8.20. The summed E-state index contributed by atoms with van der Waals surface area (Å²) in [7, 11) is 0. The zero-order valence-electron chi connectivity index (χ0n) is 10.0. The van der Waals surface area contributed by atoms with E-state index in [1.165, 1.54) is 10.5 Å². The van der Waals surface area contributed by atoms with Crippen molar-refractivity contribution in [1.82, 2.24) is 4.98 Å². The van der Waals surface area contributed by atoms with E-state index in [2.05, 4.69) is 36.2 Å². The third kappa shape index (κ3) is 3.09. The Hall–Kier alpha value is -0.840. The van der Waals surface area contributed by atoms with E-state index >= 15 is 0 Å². The molecule has 1 atom stereocenters. The standard InChI is InChI=1S/C13H16N2S2/c1-3-16-11-6-4-10(5-7-11)13-15-8-12(17-13)9(2)14/h4-9H,3,14H2,1-2H3. The largest absolute Gasteiger partial charge is 0.323 e. The molecule has 0 saturated heterocycles. The Bertz CT molecular complexity index is 474. The SMILES string of the molecule is CCSc1ccc(-c2ncc(C(C)N)s2)cc1. The molecule has 0 fully saturated rings. The van der Waals surface area contributed by atoms with Gasteiger partial charge in [-0.1, -0.05) is 19.1 Å². The van der Waals surface area contributed by atoms with Gasteiger partial charge >= 0.3 is 0 Å². The first kappa shape index (κ1) is 12.6. The monoisotopic (exact) mass is 264 g/mol. The van der Waals surface area contributed by atoms with Crippen LogP contribution < -0.4 is 5.73 Å². The predicted molar refractivity (Wildman–Crippen MR) is 76.6 cm³/mol. The van der Waals surface area contributed by atoms with Crippen molar-refractivity contribution >= 4 is 23.1 Å². The summed E-state index contributed by atoms with van der Waals surface area (Å²) in [6.07, 6.45) is 1.87. The maximum absolute atomic E-state index is 5.84. The molecule has 0 spiro atoms. The van der Waals surface area contributed by atoms with E-state index in [0.29, 0.717) is 0 Å². The van der Waals surface area contributed by atoms with Gasteiger partial charge in [-0.2, -0.15) is 0 Å². The van der Waals surface area contributed by atoms with Gasteiger partial charge in [0, 0.05) is 27.6 Å². The van der Waals surface area contributed by atoms with Crippen LogP contribution in [0, 0.1) is 0 Å². The van der Waals surface area contributed by atoms with E-state index in [1.807, 2.05) is 24.9 Å². The van der Waals surface area contributed by atoms with Crippen molar-refractivity contribution in [3.8, 4) is 10.6 Å². The molecule has 17 heavy (non-hydrogen) atoms. The van der Waals surface area contributed by atoms with Gasteiger partial charge in [0.05, 0.1) is 0 Å². The van der Waals surface area contributed by atoms with Crippen LogP contribution in [0.3, 0.4) is 0 Å². The summed E-state index contributed by atoms with van der Waals surface area (Å²) in [6.45, 7) is 4.15. The average Bonchev–Trinajstić information content (AvgIpc) is 2.80. The molecule has 0 radical (unpaired) electrons. The molecule has 1 aromatic heterocycles. The lowest BCUT2D eigenvalue weighted by Crippen LogP contribution is -2.01. The predicted octanol–water partition coefficient (Wildman–Crippen LogP) is 3.94. The number of thiazole rings is 1. The van der Waals surface area contributed by atoms with Crippen molar-refractivity contribution in [2.75, 3.05) is 5.75 Å². The zero-order valence-corrected chi connectivity index (χ0v) is 11.6. The maximum Gasteiger partial charge on any atom is 0.123 e. The molecular formula is C13H16N2S2. The fraction of sp³-hybridized carbons (Fsp3) is 0.308. The Labute approximate surface area is 110 Å². The molecule has 0 amide bonds. The summed E-state index contributed by atoms with van der Waals surface area (Å²) < 4.78 is 0. The fourth-order valence-electron chi connectivity index (χ4n) is 1.49. The molecule has 2 rings (SSSR count). The Kier molecular flexibility index (Phi) is 4.20. The molecule has 1 unspecified atom stereocenters. The molecule has 1 heterocycles. The van der Waals surface area contributed by atoms with Crippen molar-refractivity contribution in [1.29, 1.82) is 0 Å². The molecule has 2 N–H and O–H groups in total. The van der Waals surface area contributed by atoms with Crippen molar-refractivity contribution in [2.45, 2.75) is 24.8 Å². The van der Waals surface area contributed by atoms with Crippen LogP contribution >= 0.6 is 23.1 Å². The summed E-state index contributed by atoms with van der Waals surface area (Å²) >= 11 is 3.52. The van der Waals surface area contributed by atoms with E-state index in [4.69, 9.17) is 5.73 Å². The fourth-order valence-corrected chi connectivity index (χ4v) is 3.03. The number of benzene rings is 1. The third-order valence-electron chi connectivity index (χ3n) is 2.38. The molecule has 1 aromatic carbocycles. The molecule has 0 aliphatic carbocycles. The van der Waals surface area contributed by atoms with E-state index in [1.54, 1.807) is 11.3 Å². The Morgan fingerprint density at radius 2 is 2.06 bits per heavy atom. The van der Waals surface area contributed by atoms with Gasteiger partial charge in [0.15, 0.2) is 0 Å². The molecule has 0 saturated carbocycles. The number of hydrogen-bond acceptors (Lipinski definition) is 4. The summed E-state index contributed by atoms with van der Waals surface area (Å²) in [4.78, 5) is 6.85. The van der Waals surface area contributed by atoms with Crippen LogP contribution in [0.1, 0.15) is 24.8 Å². The number of thioether (sulfide) groups is 1. The number of hydrogen-bond donors (Lipinski definition) is 1. The first-order valence-electron chi connectivity index (χ1n) is 5.65. The van der Waals surface area contributed by atoms with Crippen LogP contribution in [0.5, 0.6) is 0 Å². The van der Waals surface area contributed by atoms with Gasteiger partial charge < -0.3 is 5.73 Å². The summed E-state index contributed by atoms with van der Waals surface area (Å²) in [6, 6.07) is 8.62. The van der Waals surface area contributed by atoms with Crippen molar-refractivity contribution in [2.24, 2.45) is 5.73 Å². The van der Waals surface area contributed by atoms with Crippen molar-refractivity contribution in [3.05, 3.63) is 35.3 Å².